The maximum atomic E-state index is 12.8. The van der Waals surface area contributed by atoms with Crippen LogP contribution in [-0.2, 0) is 19.1 Å². The van der Waals surface area contributed by atoms with Crippen molar-refractivity contribution in [3.05, 3.63) is 12.2 Å². The number of fused-ring (bicyclic) bond motifs is 4. The van der Waals surface area contributed by atoms with E-state index in [1.807, 2.05) is 25.7 Å². The monoisotopic (exact) mass is 366 g/mol. The van der Waals surface area contributed by atoms with Crippen LogP contribution in [0.25, 0.3) is 0 Å². The van der Waals surface area contributed by atoms with Crippen molar-refractivity contribution in [2.75, 3.05) is 26.2 Å². The topological polar surface area (TPSA) is 76.2 Å². The van der Waals surface area contributed by atoms with E-state index >= 15 is 0 Å². The van der Waals surface area contributed by atoms with Gasteiger partial charge in [-0.25, -0.2) is 4.79 Å². The second-order valence-corrected chi connectivity index (χ2v) is 8.13. The number of hydrogen-bond donors (Lipinski definition) is 0. The summed E-state index contributed by atoms with van der Waals surface area (Å²) in [6, 6.07) is -0.0285. The molecule has 0 aromatic rings. The van der Waals surface area contributed by atoms with Crippen LogP contribution in [0.1, 0.15) is 47.0 Å². The van der Waals surface area contributed by atoms with Gasteiger partial charge in [0.2, 0.25) is 5.91 Å². The fourth-order valence-corrected chi connectivity index (χ4v) is 3.43. The number of amides is 2. The van der Waals surface area contributed by atoms with Crippen LogP contribution in [0.5, 0.6) is 0 Å². The molecule has 0 aliphatic carbocycles. The third-order valence-electron chi connectivity index (χ3n) is 4.64. The van der Waals surface area contributed by atoms with E-state index in [0.29, 0.717) is 31.6 Å². The molecule has 3 fully saturated rings. The number of hydrogen-bond acceptors (Lipinski definition) is 5. The Kier molecular flexibility index (Phi) is 6.31. The smallest absolute Gasteiger partial charge is 0.410 e. The molecule has 0 spiro atoms. The highest BCUT2D eigenvalue weighted by atomic mass is 16.6. The zero-order valence-electron chi connectivity index (χ0n) is 16.2. The minimum absolute atomic E-state index is 0.0285. The molecule has 0 aromatic carbocycles. The lowest BCUT2D eigenvalue weighted by molar-refractivity contribution is -0.141. The van der Waals surface area contributed by atoms with Crippen molar-refractivity contribution in [1.29, 1.82) is 0 Å². The number of esters is 1. The summed E-state index contributed by atoms with van der Waals surface area (Å²) in [4.78, 5) is 39.6. The summed E-state index contributed by atoms with van der Waals surface area (Å²) < 4.78 is 10.4. The molecule has 0 radical (unpaired) electrons. The van der Waals surface area contributed by atoms with E-state index in [1.54, 1.807) is 4.90 Å². The molecular formula is C19H30N2O5. The van der Waals surface area contributed by atoms with Crippen LogP contribution in [0.2, 0.25) is 0 Å². The summed E-state index contributed by atoms with van der Waals surface area (Å²) >= 11 is 0. The Morgan fingerprint density at radius 3 is 2.42 bits per heavy atom. The van der Waals surface area contributed by atoms with E-state index in [9.17, 15) is 14.4 Å². The van der Waals surface area contributed by atoms with E-state index in [-0.39, 0.29) is 36.5 Å². The second kappa shape index (κ2) is 8.10. The van der Waals surface area contributed by atoms with E-state index in [1.165, 1.54) is 6.92 Å². The summed E-state index contributed by atoms with van der Waals surface area (Å²) in [5.41, 5.74) is -0.106. The van der Waals surface area contributed by atoms with Crippen molar-refractivity contribution in [1.82, 2.24) is 9.80 Å². The van der Waals surface area contributed by atoms with Gasteiger partial charge in [-0.1, -0.05) is 6.58 Å². The molecule has 26 heavy (non-hydrogen) atoms. The third-order valence-corrected chi connectivity index (χ3v) is 4.64. The summed E-state index contributed by atoms with van der Waals surface area (Å²) in [6.45, 7) is 12.6. The van der Waals surface area contributed by atoms with E-state index in [4.69, 9.17) is 9.47 Å². The molecule has 7 heteroatoms. The maximum Gasteiger partial charge on any atom is 0.410 e. The molecule has 2 bridgehead atoms. The quantitative estimate of drug-likeness (QED) is 0.564. The molecule has 0 N–H and O–H groups in total. The number of rotatable bonds is 4. The largest absolute Gasteiger partial charge is 0.466 e. The Balaban J connectivity index is 1.98. The lowest BCUT2D eigenvalue weighted by Crippen LogP contribution is -2.48. The van der Waals surface area contributed by atoms with Crippen LogP contribution < -0.4 is 0 Å². The van der Waals surface area contributed by atoms with Gasteiger partial charge in [0.15, 0.2) is 0 Å². The van der Waals surface area contributed by atoms with Gasteiger partial charge in [-0.3, -0.25) is 9.59 Å². The van der Waals surface area contributed by atoms with Crippen molar-refractivity contribution in [2.24, 2.45) is 5.92 Å². The molecule has 2 atom stereocenters. The first-order valence-corrected chi connectivity index (χ1v) is 9.17. The highest BCUT2D eigenvalue weighted by Crippen LogP contribution is 2.30. The van der Waals surface area contributed by atoms with Gasteiger partial charge >= 0.3 is 12.1 Å². The van der Waals surface area contributed by atoms with Crippen molar-refractivity contribution in [3.8, 4) is 0 Å². The number of nitrogens with zero attached hydrogens (tertiary/aromatic N) is 2. The predicted octanol–water partition coefficient (Wildman–Crippen LogP) is 2.35. The number of carbonyl (C=O) groups excluding carboxylic acids is 3. The summed E-state index contributed by atoms with van der Waals surface area (Å²) in [7, 11) is 0. The highest BCUT2D eigenvalue weighted by Gasteiger charge is 2.40. The third kappa shape index (κ3) is 5.47. The Bertz CT molecular complexity index is 581. The Hall–Kier alpha value is -2.05. The zero-order chi connectivity index (χ0) is 19.5. The first kappa shape index (κ1) is 20.3. The molecule has 0 saturated carbocycles. The number of piperidine rings is 1. The molecule has 3 heterocycles. The van der Waals surface area contributed by atoms with Crippen LogP contribution >= 0.6 is 0 Å². The maximum absolute atomic E-state index is 12.8. The highest BCUT2D eigenvalue weighted by molar-refractivity contribution is 5.93. The molecule has 146 valence electrons. The molecule has 0 aromatic heterocycles. The van der Waals surface area contributed by atoms with Gasteiger partial charge in [0.1, 0.15) is 5.60 Å². The fourth-order valence-electron chi connectivity index (χ4n) is 3.43. The standard InChI is InChI=1S/C19H30N2O5/c1-13(8-9-25-14(2)22)17(23)21-11-15-6-7-16(21)12-20(10-15)18(24)26-19(3,4)5/h15-16H,1,6-12H2,2-5H3. The van der Waals surface area contributed by atoms with Crippen LogP contribution in [0.3, 0.4) is 0 Å². The number of carbonyl (C=O) groups is 3. The summed E-state index contributed by atoms with van der Waals surface area (Å²) in [6.07, 6.45) is 1.86. The van der Waals surface area contributed by atoms with Gasteiger partial charge in [0.05, 0.1) is 6.61 Å². The van der Waals surface area contributed by atoms with E-state index < -0.39 is 5.60 Å². The second-order valence-electron chi connectivity index (χ2n) is 8.13. The lowest BCUT2D eigenvalue weighted by Gasteiger charge is -2.36. The Labute approximate surface area is 155 Å². The van der Waals surface area contributed by atoms with Gasteiger partial charge in [0, 0.05) is 44.6 Å². The first-order valence-electron chi connectivity index (χ1n) is 9.17. The Morgan fingerprint density at radius 1 is 1.12 bits per heavy atom. The van der Waals surface area contributed by atoms with E-state index in [2.05, 4.69) is 6.58 Å². The molecule has 3 rings (SSSR count). The normalized spacial score (nSPS) is 22.6. The SMILES string of the molecule is C=C(CCOC(C)=O)C(=O)N1CC2CCC1CN(C(=O)OC(C)(C)C)C2. The minimum Gasteiger partial charge on any atom is -0.466 e. The summed E-state index contributed by atoms with van der Waals surface area (Å²) in [5.74, 6) is -0.239. The summed E-state index contributed by atoms with van der Waals surface area (Å²) in [5, 5.41) is 0. The molecule has 3 saturated heterocycles. The van der Waals surface area contributed by atoms with Crippen LogP contribution in [0.4, 0.5) is 4.79 Å². The van der Waals surface area contributed by atoms with Gasteiger partial charge in [-0.05, 0) is 39.5 Å². The Morgan fingerprint density at radius 2 is 1.81 bits per heavy atom. The zero-order valence-corrected chi connectivity index (χ0v) is 16.2. The first-order chi connectivity index (χ1) is 12.1. The molecule has 3 aliphatic rings. The van der Waals surface area contributed by atoms with Crippen LogP contribution in [0.15, 0.2) is 12.2 Å². The van der Waals surface area contributed by atoms with Gasteiger partial charge < -0.3 is 19.3 Å². The van der Waals surface area contributed by atoms with Crippen LogP contribution in [0, 0.1) is 5.92 Å². The van der Waals surface area contributed by atoms with Crippen LogP contribution in [-0.4, -0.2) is 65.7 Å². The van der Waals surface area contributed by atoms with E-state index in [0.717, 1.165) is 12.8 Å². The molecular weight excluding hydrogens is 336 g/mol. The average molecular weight is 366 g/mol. The molecule has 2 amide bonds. The van der Waals surface area contributed by atoms with Crippen molar-refractivity contribution < 1.29 is 23.9 Å². The molecule has 7 nitrogen and oxygen atoms in total. The lowest BCUT2D eigenvalue weighted by atomic mass is 9.94. The average Bonchev–Trinajstić information content (AvgIpc) is 2.84. The van der Waals surface area contributed by atoms with Gasteiger partial charge in [0.25, 0.3) is 0 Å². The van der Waals surface area contributed by atoms with Crippen molar-refractivity contribution in [3.63, 3.8) is 0 Å². The predicted molar refractivity (Wildman–Crippen MR) is 96.4 cm³/mol. The van der Waals surface area contributed by atoms with Crippen molar-refractivity contribution in [2.45, 2.75) is 58.6 Å². The van der Waals surface area contributed by atoms with Crippen molar-refractivity contribution >= 4 is 18.0 Å². The number of ether oxygens (including phenoxy) is 2. The minimum atomic E-state index is -0.539. The fraction of sp³-hybridized carbons (Fsp3) is 0.737. The van der Waals surface area contributed by atoms with Gasteiger partial charge in [-0.2, -0.15) is 0 Å². The van der Waals surface area contributed by atoms with Gasteiger partial charge in [-0.15, -0.1) is 0 Å². The molecule has 2 unspecified atom stereocenters. The molecule has 3 aliphatic heterocycles.